The molecule has 0 atom stereocenters. The molecule has 0 fully saturated rings. The van der Waals surface area contributed by atoms with Gasteiger partial charge < -0.3 is 5.32 Å². The van der Waals surface area contributed by atoms with Crippen LogP contribution in [-0.2, 0) is 23.1 Å². The summed E-state index contributed by atoms with van der Waals surface area (Å²) < 4.78 is 41.7. The van der Waals surface area contributed by atoms with Gasteiger partial charge in [0, 0.05) is 31.1 Å². The van der Waals surface area contributed by atoms with Gasteiger partial charge in [-0.15, -0.1) is 11.3 Å². The molecule has 0 aliphatic heterocycles. The van der Waals surface area contributed by atoms with Gasteiger partial charge >= 0.3 is 0 Å². The van der Waals surface area contributed by atoms with Gasteiger partial charge in [0.2, 0.25) is 0 Å². The lowest BCUT2D eigenvalue weighted by Crippen LogP contribution is -2.26. The zero-order valence-electron chi connectivity index (χ0n) is 19.4. The summed E-state index contributed by atoms with van der Waals surface area (Å²) in [5.74, 6) is 0.246. The van der Waals surface area contributed by atoms with Crippen molar-refractivity contribution in [2.24, 2.45) is 0 Å². The summed E-state index contributed by atoms with van der Waals surface area (Å²) in [6, 6.07) is 23.8. The van der Waals surface area contributed by atoms with Crippen molar-refractivity contribution in [2.75, 3.05) is 12.4 Å². The first kappa shape index (κ1) is 24.1. The standard InChI is InChI=1S/C27H23FN4O2S2/c1-32(36(33,34)26-8-5-13-35-26)17-22-14-20(9-11-24(22)28)21-10-12-25-23(15-21)27(31-18-30-25)29-16-19-6-3-2-4-7-19/h2-15,18H,16-17H2,1H3,(H,29,30,31). The average Bonchev–Trinajstić information content (AvgIpc) is 3.45. The van der Waals surface area contributed by atoms with E-state index in [0.29, 0.717) is 17.9 Å². The lowest BCUT2D eigenvalue weighted by molar-refractivity contribution is 0.458. The first-order valence-corrected chi connectivity index (χ1v) is 13.5. The van der Waals surface area contributed by atoms with E-state index in [1.54, 1.807) is 29.6 Å². The zero-order chi connectivity index (χ0) is 25.1. The van der Waals surface area contributed by atoms with Gasteiger partial charge in [0.15, 0.2) is 0 Å². The average molecular weight is 519 g/mol. The van der Waals surface area contributed by atoms with E-state index in [1.165, 1.54) is 23.7 Å². The van der Waals surface area contributed by atoms with Crippen LogP contribution in [0.1, 0.15) is 11.1 Å². The molecule has 36 heavy (non-hydrogen) atoms. The first-order chi connectivity index (χ1) is 17.4. The predicted octanol–water partition coefficient (Wildman–Crippen LogP) is 5.93. The molecule has 2 heterocycles. The third kappa shape index (κ3) is 4.99. The predicted molar refractivity (Wildman–Crippen MR) is 142 cm³/mol. The number of rotatable bonds is 8. The van der Waals surface area contributed by atoms with Crippen molar-refractivity contribution in [3.8, 4) is 11.1 Å². The van der Waals surface area contributed by atoms with E-state index in [1.807, 2.05) is 48.5 Å². The number of hydrogen-bond donors (Lipinski definition) is 1. The number of anilines is 1. The van der Waals surface area contributed by atoms with Crippen molar-refractivity contribution < 1.29 is 12.8 Å². The molecule has 0 aliphatic carbocycles. The lowest BCUT2D eigenvalue weighted by atomic mass is 10.0. The fourth-order valence-corrected chi connectivity index (χ4v) is 6.27. The lowest BCUT2D eigenvalue weighted by Gasteiger charge is -2.17. The van der Waals surface area contributed by atoms with E-state index in [9.17, 15) is 12.8 Å². The van der Waals surface area contributed by atoms with E-state index >= 15 is 0 Å². The Bertz CT molecular complexity index is 1610. The smallest absolute Gasteiger partial charge is 0.252 e. The highest BCUT2D eigenvalue weighted by molar-refractivity contribution is 7.91. The molecule has 0 amide bonds. The van der Waals surface area contributed by atoms with Gasteiger partial charge in [-0.1, -0.05) is 48.5 Å². The van der Waals surface area contributed by atoms with Crippen LogP contribution in [0.3, 0.4) is 0 Å². The van der Waals surface area contributed by atoms with Crippen LogP contribution in [-0.4, -0.2) is 29.7 Å². The van der Waals surface area contributed by atoms with Crippen molar-refractivity contribution in [3.05, 3.63) is 108 Å². The van der Waals surface area contributed by atoms with Crippen molar-refractivity contribution >= 4 is 38.1 Å². The highest BCUT2D eigenvalue weighted by Crippen LogP contribution is 2.29. The summed E-state index contributed by atoms with van der Waals surface area (Å²) in [5, 5.41) is 5.92. The van der Waals surface area contributed by atoms with Crippen LogP contribution < -0.4 is 5.32 Å². The minimum absolute atomic E-state index is 0.0829. The van der Waals surface area contributed by atoms with E-state index < -0.39 is 15.8 Å². The number of aromatic nitrogens is 2. The van der Waals surface area contributed by atoms with Crippen molar-refractivity contribution in [2.45, 2.75) is 17.3 Å². The third-order valence-corrected chi connectivity index (χ3v) is 9.05. The van der Waals surface area contributed by atoms with Crippen LogP contribution in [0.15, 0.2) is 94.8 Å². The second-order valence-corrected chi connectivity index (χ2v) is 11.5. The highest BCUT2D eigenvalue weighted by Gasteiger charge is 2.23. The minimum Gasteiger partial charge on any atom is -0.365 e. The van der Waals surface area contributed by atoms with Crippen molar-refractivity contribution in [1.29, 1.82) is 0 Å². The fourth-order valence-electron chi connectivity index (χ4n) is 3.92. The Kier molecular flexibility index (Phi) is 6.77. The largest absolute Gasteiger partial charge is 0.365 e. The van der Waals surface area contributed by atoms with E-state index in [2.05, 4.69) is 15.3 Å². The van der Waals surface area contributed by atoms with Gasteiger partial charge in [0.1, 0.15) is 22.2 Å². The van der Waals surface area contributed by atoms with Gasteiger partial charge in [0.25, 0.3) is 10.0 Å². The molecule has 0 radical (unpaired) electrons. The molecule has 0 aliphatic rings. The van der Waals surface area contributed by atoms with Gasteiger partial charge in [-0.25, -0.2) is 22.8 Å². The molecule has 0 spiro atoms. The number of sulfonamides is 1. The Balaban J connectivity index is 1.44. The maximum atomic E-state index is 14.7. The molecule has 5 rings (SSSR count). The Labute approximate surface area is 213 Å². The summed E-state index contributed by atoms with van der Waals surface area (Å²) in [7, 11) is -2.23. The molecule has 0 unspecified atom stereocenters. The number of benzene rings is 3. The number of nitrogens with zero attached hydrogens (tertiary/aromatic N) is 3. The maximum Gasteiger partial charge on any atom is 0.252 e. The molecule has 1 N–H and O–H groups in total. The fraction of sp³-hybridized carbons (Fsp3) is 0.111. The molecule has 5 aromatic rings. The molecule has 3 aromatic carbocycles. The van der Waals surface area contributed by atoms with E-state index in [-0.39, 0.29) is 10.8 Å². The number of nitrogens with one attached hydrogen (secondary N) is 1. The zero-order valence-corrected chi connectivity index (χ0v) is 21.1. The van der Waals surface area contributed by atoms with Gasteiger partial charge in [-0.05, 0) is 52.4 Å². The summed E-state index contributed by atoms with van der Waals surface area (Å²) in [4.78, 5) is 8.80. The van der Waals surface area contributed by atoms with Crippen LogP contribution in [0.2, 0.25) is 0 Å². The molecule has 6 nitrogen and oxygen atoms in total. The van der Waals surface area contributed by atoms with Crippen LogP contribution in [0, 0.1) is 5.82 Å². The quantitative estimate of drug-likeness (QED) is 0.276. The van der Waals surface area contributed by atoms with Crippen molar-refractivity contribution in [1.82, 2.24) is 14.3 Å². The minimum atomic E-state index is -3.69. The summed E-state index contributed by atoms with van der Waals surface area (Å²) in [5.41, 5.74) is 3.83. The molecule has 9 heteroatoms. The van der Waals surface area contributed by atoms with E-state index in [4.69, 9.17) is 0 Å². The third-order valence-electron chi connectivity index (χ3n) is 5.87. The second-order valence-electron chi connectivity index (χ2n) is 8.29. The number of fused-ring (bicyclic) bond motifs is 1. The van der Waals surface area contributed by atoms with Crippen LogP contribution >= 0.6 is 11.3 Å². The highest BCUT2D eigenvalue weighted by atomic mass is 32.2. The molecule has 182 valence electrons. The summed E-state index contributed by atoms with van der Waals surface area (Å²) in [6.45, 7) is 0.531. The number of halogens is 1. The summed E-state index contributed by atoms with van der Waals surface area (Å²) >= 11 is 1.14. The Morgan fingerprint density at radius 1 is 0.944 bits per heavy atom. The monoisotopic (exact) mass is 518 g/mol. The molecular weight excluding hydrogens is 495 g/mol. The molecule has 0 saturated heterocycles. The second kappa shape index (κ2) is 10.1. The van der Waals surface area contributed by atoms with Gasteiger partial charge in [-0.3, -0.25) is 0 Å². The Morgan fingerprint density at radius 3 is 2.50 bits per heavy atom. The van der Waals surface area contributed by atoms with Gasteiger partial charge in [-0.2, -0.15) is 4.31 Å². The normalized spacial score (nSPS) is 11.8. The van der Waals surface area contributed by atoms with Crippen LogP contribution in [0.4, 0.5) is 10.2 Å². The van der Waals surface area contributed by atoms with E-state index in [0.717, 1.165) is 38.9 Å². The van der Waals surface area contributed by atoms with Crippen LogP contribution in [0.25, 0.3) is 22.0 Å². The molecule has 0 saturated carbocycles. The van der Waals surface area contributed by atoms with Crippen LogP contribution in [0.5, 0.6) is 0 Å². The first-order valence-electron chi connectivity index (χ1n) is 11.2. The molecular formula is C27H23FN4O2S2. The summed E-state index contributed by atoms with van der Waals surface area (Å²) in [6.07, 6.45) is 1.52. The number of hydrogen-bond acceptors (Lipinski definition) is 6. The molecule has 2 aromatic heterocycles. The SMILES string of the molecule is CN(Cc1cc(-c2ccc3ncnc(NCc4ccccc4)c3c2)ccc1F)S(=O)(=O)c1cccs1. The Hall–Kier alpha value is -3.66. The van der Waals surface area contributed by atoms with Crippen molar-refractivity contribution in [3.63, 3.8) is 0 Å². The Morgan fingerprint density at radius 2 is 1.72 bits per heavy atom. The maximum absolute atomic E-state index is 14.7. The number of thiophene rings is 1. The topological polar surface area (TPSA) is 75.2 Å². The van der Waals surface area contributed by atoms with Gasteiger partial charge in [0.05, 0.1) is 5.52 Å². The molecule has 0 bridgehead atoms.